The zero-order chi connectivity index (χ0) is 17.7. The Kier molecular flexibility index (Phi) is 5.79. The van der Waals surface area contributed by atoms with E-state index in [0.717, 1.165) is 23.3 Å². The van der Waals surface area contributed by atoms with Crippen LogP contribution in [-0.2, 0) is 4.79 Å². The highest BCUT2D eigenvalue weighted by atomic mass is 19.1. The van der Waals surface area contributed by atoms with E-state index in [1.54, 1.807) is 0 Å². The fraction of sp³-hybridized carbons (Fsp3) is 0.263. The standard InChI is InChI=1S/C19H19F2NO2/c1-12-6-8-14(9-7-12)17(22-13(2)23)10-11-18(24)19-15(20)4-3-5-16(19)21/h3-9,17H,10-11H2,1-2H3,(H,22,23). The fourth-order valence-corrected chi connectivity index (χ4v) is 2.53. The lowest BCUT2D eigenvalue weighted by molar-refractivity contribution is -0.119. The molecule has 2 aromatic carbocycles. The first-order valence-corrected chi connectivity index (χ1v) is 7.69. The minimum absolute atomic E-state index is 0.0727. The Morgan fingerprint density at radius 1 is 1.04 bits per heavy atom. The van der Waals surface area contributed by atoms with Gasteiger partial charge in [0.1, 0.15) is 11.6 Å². The normalized spacial score (nSPS) is 11.8. The van der Waals surface area contributed by atoms with E-state index in [-0.39, 0.29) is 24.8 Å². The van der Waals surface area contributed by atoms with E-state index in [1.807, 2.05) is 31.2 Å². The summed E-state index contributed by atoms with van der Waals surface area (Å²) in [4.78, 5) is 23.6. The molecule has 24 heavy (non-hydrogen) atoms. The van der Waals surface area contributed by atoms with Crippen LogP contribution in [-0.4, -0.2) is 11.7 Å². The van der Waals surface area contributed by atoms with Gasteiger partial charge in [0.2, 0.25) is 5.91 Å². The predicted molar refractivity (Wildman–Crippen MR) is 87.7 cm³/mol. The maximum Gasteiger partial charge on any atom is 0.217 e. The number of ketones is 1. The molecule has 0 spiro atoms. The molecule has 0 saturated heterocycles. The van der Waals surface area contributed by atoms with Crippen LogP contribution >= 0.6 is 0 Å². The lowest BCUT2D eigenvalue weighted by Crippen LogP contribution is -2.26. The molecule has 1 N–H and O–H groups in total. The maximum atomic E-state index is 13.7. The number of rotatable bonds is 6. The van der Waals surface area contributed by atoms with Crippen molar-refractivity contribution < 1.29 is 18.4 Å². The lowest BCUT2D eigenvalue weighted by Gasteiger charge is -2.18. The molecule has 0 heterocycles. The number of carbonyl (C=O) groups excluding carboxylic acids is 2. The molecule has 3 nitrogen and oxygen atoms in total. The van der Waals surface area contributed by atoms with Gasteiger partial charge in [0.15, 0.2) is 5.78 Å². The van der Waals surface area contributed by atoms with Crippen molar-refractivity contribution in [3.05, 3.63) is 70.8 Å². The molecule has 0 aliphatic heterocycles. The Balaban J connectivity index is 2.14. The summed E-state index contributed by atoms with van der Waals surface area (Å²) in [5.74, 6) is -2.59. The number of halogens is 2. The van der Waals surface area contributed by atoms with Crippen LogP contribution in [0.3, 0.4) is 0 Å². The minimum atomic E-state index is -0.869. The van der Waals surface area contributed by atoms with E-state index in [1.165, 1.54) is 13.0 Å². The van der Waals surface area contributed by atoms with Crippen LogP contribution in [0.5, 0.6) is 0 Å². The Labute approximate surface area is 139 Å². The summed E-state index contributed by atoms with van der Waals surface area (Å²) in [5.41, 5.74) is 1.39. The average molecular weight is 331 g/mol. The summed E-state index contributed by atoms with van der Waals surface area (Å²) in [7, 11) is 0. The smallest absolute Gasteiger partial charge is 0.217 e. The monoisotopic (exact) mass is 331 g/mol. The molecule has 0 aromatic heterocycles. The van der Waals surface area contributed by atoms with Crippen LogP contribution in [0, 0.1) is 18.6 Å². The number of nitrogens with one attached hydrogen (secondary N) is 1. The second-order valence-corrected chi connectivity index (χ2v) is 5.72. The number of carbonyl (C=O) groups is 2. The highest BCUT2D eigenvalue weighted by Gasteiger charge is 2.20. The topological polar surface area (TPSA) is 46.2 Å². The van der Waals surface area contributed by atoms with Gasteiger partial charge in [-0.3, -0.25) is 9.59 Å². The Hall–Kier alpha value is -2.56. The van der Waals surface area contributed by atoms with Crippen molar-refractivity contribution in [3.63, 3.8) is 0 Å². The first-order chi connectivity index (χ1) is 11.4. The van der Waals surface area contributed by atoms with Gasteiger partial charge < -0.3 is 5.32 Å². The summed E-state index contributed by atoms with van der Waals surface area (Å²) in [5, 5.41) is 2.77. The fourth-order valence-electron chi connectivity index (χ4n) is 2.53. The number of hydrogen-bond donors (Lipinski definition) is 1. The second kappa shape index (κ2) is 7.81. The molecule has 0 aliphatic carbocycles. The van der Waals surface area contributed by atoms with Crippen LogP contribution in [0.15, 0.2) is 42.5 Å². The van der Waals surface area contributed by atoms with Crippen molar-refractivity contribution in [2.24, 2.45) is 0 Å². The van der Waals surface area contributed by atoms with E-state index in [0.29, 0.717) is 0 Å². The van der Waals surface area contributed by atoms with Crippen LogP contribution < -0.4 is 5.32 Å². The third-order valence-corrected chi connectivity index (χ3v) is 3.76. The molecule has 0 fully saturated rings. The molecule has 0 saturated carbocycles. The molecule has 1 atom stereocenters. The molecule has 0 radical (unpaired) electrons. The van der Waals surface area contributed by atoms with Crippen molar-refractivity contribution >= 4 is 11.7 Å². The summed E-state index contributed by atoms with van der Waals surface area (Å²) in [6.07, 6.45) is 0.186. The summed E-state index contributed by atoms with van der Waals surface area (Å²) in [6.45, 7) is 3.33. The van der Waals surface area contributed by atoms with Gasteiger partial charge in [-0.05, 0) is 31.0 Å². The largest absolute Gasteiger partial charge is 0.350 e. The van der Waals surface area contributed by atoms with Gasteiger partial charge in [-0.15, -0.1) is 0 Å². The number of hydrogen-bond acceptors (Lipinski definition) is 2. The Morgan fingerprint density at radius 2 is 1.62 bits per heavy atom. The quantitative estimate of drug-likeness (QED) is 0.810. The van der Waals surface area contributed by atoms with E-state index in [4.69, 9.17) is 0 Å². The predicted octanol–water partition coefficient (Wildman–Crippen LogP) is 4.11. The molecule has 2 rings (SSSR count). The van der Waals surface area contributed by atoms with Gasteiger partial charge in [-0.1, -0.05) is 35.9 Å². The molecule has 126 valence electrons. The first-order valence-electron chi connectivity index (χ1n) is 7.69. The van der Waals surface area contributed by atoms with Crippen molar-refractivity contribution in [1.82, 2.24) is 5.32 Å². The molecule has 1 unspecified atom stereocenters. The van der Waals surface area contributed by atoms with Crippen LogP contribution in [0.2, 0.25) is 0 Å². The lowest BCUT2D eigenvalue weighted by atomic mass is 9.97. The SMILES string of the molecule is CC(=O)NC(CCC(=O)c1c(F)cccc1F)c1ccc(C)cc1. The van der Waals surface area contributed by atoms with Gasteiger partial charge >= 0.3 is 0 Å². The average Bonchev–Trinajstić information content (AvgIpc) is 2.52. The second-order valence-electron chi connectivity index (χ2n) is 5.72. The van der Waals surface area contributed by atoms with Crippen molar-refractivity contribution in [2.45, 2.75) is 32.7 Å². The highest BCUT2D eigenvalue weighted by Crippen LogP contribution is 2.22. The number of Topliss-reactive ketones (excluding diaryl/α,β-unsaturated/α-hetero) is 1. The van der Waals surface area contributed by atoms with E-state index >= 15 is 0 Å². The van der Waals surface area contributed by atoms with Crippen molar-refractivity contribution in [3.8, 4) is 0 Å². The van der Waals surface area contributed by atoms with Gasteiger partial charge in [-0.2, -0.15) is 0 Å². The Morgan fingerprint density at radius 3 is 2.17 bits per heavy atom. The van der Waals surface area contributed by atoms with E-state index in [9.17, 15) is 18.4 Å². The van der Waals surface area contributed by atoms with Gasteiger partial charge in [0.05, 0.1) is 11.6 Å². The maximum absolute atomic E-state index is 13.7. The minimum Gasteiger partial charge on any atom is -0.350 e. The first kappa shape index (κ1) is 17.8. The molecule has 0 bridgehead atoms. The number of amides is 1. The zero-order valence-corrected chi connectivity index (χ0v) is 13.6. The van der Waals surface area contributed by atoms with E-state index in [2.05, 4.69) is 5.32 Å². The van der Waals surface area contributed by atoms with Crippen molar-refractivity contribution in [1.29, 1.82) is 0 Å². The number of benzene rings is 2. The van der Waals surface area contributed by atoms with E-state index < -0.39 is 23.0 Å². The number of aryl methyl sites for hydroxylation is 1. The summed E-state index contributed by atoms with van der Waals surface area (Å²) >= 11 is 0. The molecule has 5 heteroatoms. The molecule has 1 amide bonds. The molecule has 2 aromatic rings. The third-order valence-electron chi connectivity index (χ3n) is 3.76. The van der Waals surface area contributed by atoms with Crippen LogP contribution in [0.4, 0.5) is 8.78 Å². The van der Waals surface area contributed by atoms with Crippen LogP contribution in [0.25, 0.3) is 0 Å². The van der Waals surface area contributed by atoms with Crippen LogP contribution in [0.1, 0.15) is 47.3 Å². The van der Waals surface area contributed by atoms with Gasteiger partial charge in [0, 0.05) is 13.3 Å². The third kappa shape index (κ3) is 4.47. The van der Waals surface area contributed by atoms with Gasteiger partial charge in [0.25, 0.3) is 0 Å². The zero-order valence-electron chi connectivity index (χ0n) is 13.6. The molecular weight excluding hydrogens is 312 g/mol. The summed E-state index contributed by atoms with van der Waals surface area (Å²) < 4.78 is 27.3. The molecular formula is C19H19F2NO2. The molecule has 0 aliphatic rings. The Bertz CT molecular complexity index is 721. The van der Waals surface area contributed by atoms with Crippen molar-refractivity contribution in [2.75, 3.05) is 0 Å². The summed E-state index contributed by atoms with van der Waals surface area (Å²) in [6, 6.07) is 10.5. The van der Waals surface area contributed by atoms with Gasteiger partial charge in [-0.25, -0.2) is 8.78 Å². The highest BCUT2D eigenvalue weighted by molar-refractivity contribution is 5.96.